The van der Waals surface area contributed by atoms with Crippen molar-refractivity contribution < 1.29 is 4.79 Å². The minimum atomic E-state index is -0.630. The van der Waals surface area contributed by atoms with E-state index >= 15 is 0 Å². The average Bonchev–Trinajstić information content (AvgIpc) is 3.25. The van der Waals surface area contributed by atoms with E-state index in [4.69, 9.17) is 0 Å². The summed E-state index contributed by atoms with van der Waals surface area (Å²) in [6, 6.07) is 18.1. The summed E-state index contributed by atoms with van der Waals surface area (Å²) in [5, 5.41) is 9.21. The van der Waals surface area contributed by atoms with Crippen molar-refractivity contribution in [2.24, 2.45) is 0 Å². The number of rotatable bonds is 10. The molecule has 0 unspecified atom stereocenters. The zero-order valence-electron chi connectivity index (χ0n) is 21.0. The highest BCUT2D eigenvalue weighted by Gasteiger charge is 2.24. The first-order valence-corrected chi connectivity index (χ1v) is 13.2. The molecular weight excluding hydrogens is 456 g/mol. The number of nitrogens with one attached hydrogen (secondary N) is 1. The van der Waals surface area contributed by atoms with E-state index in [0.717, 1.165) is 40.0 Å². The van der Waals surface area contributed by atoms with Gasteiger partial charge in [0.15, 0.2) is 0 Å². The summed E-state index contributed by atoms with van der Waals surface area (Å²) in [6.07, 6.45) is 1.33. The average molecular weight is 491 g/mol. The Kier molecular flexibility index (Phi) is 7.98. The Morgan fingerprint density at radius 1 is 1.11 bits per heavy atom. The van der Waals surface area contributed by atoms with Crippen LogP contribution in [0.3, 0.4) is 0 Å². The Hall–Kier alpha value is -3.03. The summed E-state index contributed by atoms with van der Waals surface area (Å²) >= 11 is 1.58. The molecule has 35 heavy (non-hydrogen) atoms. The van der Waals surface area contributed by atoms with E-state index in [9.17, 15) is 9.59 Å². The van der Waals surface area contributed by atoms with Gasteiger partial charge in [0.1, 0.15) is 6.04 Å². The number of benzene rings is 2. The third-order valence-electron chi connectivity index (χ3n) is 6.47. The fraction of sp³-hybridized carbons (Fsp3) is 0.393. The highest BCUT2D eigenvalue weighted by Crippen LogP contribution is 2.33. The second-order valence-corrected chi connectivity index (χ2v) is 10.3. The Balaban J connectivity index is 1.45. The predicted molar refractivity (Wildman–Crippen MR) is 145 cm³/mol. The lowest BCUT2D eigenvalue weighted by molar-refractivity contribution is -0.124. The number of carbonyl (C=O) groups is 1. The Bertz CT molecular complexity index is 1360. The summed E-state index contributed by atoms with van der Waals surface area (Å²) in [5.74, 6) is -0.153. The zero-order valence-corrected chi connectivity index (χ0v) is 21.8. The van der Waals surface area contributed by atoms with Crippen LogP contribution in [0.4, 0.5) is 0 Å². The van der Waals surface area contributed by atoms with Crippen LogP contribution in [0.2, 0.25) is 0 Å². The van der Waals surface area contributed by atoms with Crippen LogP contribution in [-0.4, -0.2) is 39.7 Å². The number of fused-ring (bicyclic) bond motifs is 3. The van der Waals surface area contributed by atoms with Gasteiger partial charge in [-0.3, -0.25) is 14.5 Å². The lowest BCUT2D eigenvalue weighted by Gasteiger charge is -2.26. The molecule has 1 amide bonds. The zero-order chi connectivity index (χ0) is 24.9. The Morgan fingerprint density at radius 3 is 2.54 bits per heavy atom. The monoisotopic (exact) mass is 490 g/mol. The van der Waals surface area contributed by atoms with Crippen LogP contribution >= 0.6 is 11.3 Å². The molecular formula is C28H34N4O2S. The number of carbonyl (C=O) groups excluding carboxylic acids is 1. The van der Waals surface area contributed by atoms with Gasteiger partial charge in [-0.15, -0.1) is 11.3 Å². The molecule has 1 N–H and O–H groups in total. The van der Waals surface area contributed by atoms with Gasteiger partial charge in [-0.05, 0) is 45.2 Å². The molecule has 0 aliphatic rings. The normalized spacial score (nSPS) is 12.6. The van der Waals surface area contributed by atoms with Crippen molar-refractivity contribution in [2.45, 2.75) is 59.2 Å². The maximum Gasteiger partial charge on any atom is 0.276 e. The van der Waals surface area contributed by atoms with E-state index in [2.05, 4.69) is 53.4 Å². The molecule has 0 radical (unpaired) electrons. The number of nitrogens with zero attached hydrogens (tertiary/aromatic N) is 3. The largest absolute Gasteiger partial charge is 0.354 e. The number of thiophene rings is 1. The van der Waals surface area contributed by atoms with Crippen molar-refractivity contribution in [3.05, 3.63) is 76.2 Å². The van der Waals surface area contributed by atoms with Crippen molar-refractivity contribution in [2.75, 3.05) is 13.1 Å². The van der Waals surface area contributed by atoms with Crippen LogP contribution < -0.4 is 10.9 Å². The van der Waals surface area contributed by atoms with Gasteiger partial charge < -0.3 is 5.32 Å². The van der Waals surface area contributed by atoms with Crippen LogP contribution in [0.1, 0.15) is 50.9 Å². The van der Waals surface area contributed by atoms with E-state index in [-0.39, 0.29) is 11.5 Å². The van der Waals surface area contributed by atoms with Gasteiger partial charge in [-0.25, -0.2) is 4.68 Å². The second kappa shape index (κ2) is 11.1. The van der Waals surface area contributed by atoms with E-state index in [1.807, 2.05) is 44.2 Å². The molecule has 4 aromatic rings. The fourth-order valence-corrected chi connectivity index (χ4v) is 5.64. The summed E-state index contributed by atoms with van der Waals surface area (Å²) in [6.45, 7) is 10.5. The summed E-state index contributed by atoms with van der Waals surface area (Å²) in [5.41, 5.74) is 1.87. The van der Waals surface area contributed by atoms with Gasteiger partial charge >= 0.3 is 0 Å². The van der Waals surface area contributed by atoms with E-state index in [0.29, 0.717) is 24.4 Å². The van der Waals surface area contributed by atoms with Crippen molar-refractivity contribution in [3.8, 4) is 0 Å². The van der Waals surface area contributed by atoms with E-state index in [1.54, 1.807) is 11.3 Å². The van der Waals surface area contributed by atoms with Gasteiger partial charge in [0, 0.05) is 35.8 Å². The first-order chi connectivity index (χ1) is 16.9. The summed E-state index contributed by atoms with van der Waals surface area (Å²) in [7, 11) is 0. The number of aromatic nitrogens is 2. The van der Waals surface area contributed by atoms with E-state index in [1.165, 1.54) is 10.2 Å². The Labute approximate surface area is 210 Å². The number of aryl methyl sites for hydroxylation is 1. The molecule has 0 aliphatic heterocycles. The van der Waals surface area contributed by atoms with Crippen molar-refractivity contribution >= 4 is 37.4 Å². The van der Waals surface area contributed by atoms with Gasteiger partial charge in [0.05, 0.1) is 15.8 Å². The molecule has 0 aliphatic carbocycles. The molecule has 184 valence electrons. The standard InChI is InChI=1S/C28H34N4O2S/c1-5-23(27(33)29-16-11-17-31(19(2)3)18-21-12-7-6-8-13-21)32-28(34)25-22-14-9-10-15-24(22)35-26(25)20(4)30-32/h6-10,12-15,19,23H,5,11,16-18H2,1-4H3,(H,29,33)/t23-/m0/s1. The van der Waals surface area contributed by atoms with Crippen LogP contribution in [-0.2, 0) is 11.3 Å². The molecule has 0 bridgehead atoms. The van der Waals surface area contributed by atoms with Crippen LogP contribution in [0, 0.1) is 6.92 Å². The molecule has 7 heteroatoms. The molecule has 2 heterocycles. The van der Waals surface area contributed by atoms with Crippen molar-refractivity contribution in [1.29, 1.82) is 0 Å². The van der Waals surface area contributed by atoms with Gasteiger partial charge in [-0.2, -0.15) is 5.10 Å². The number of hydrogen-bond acceptors (Lipinski definition) is 5. The lowest BCUT2D eigenvalue weighted by Crippen LogP contribution is -2.40. The predicted octanol–water partition coefficient (Wildman–Crippen LogP) is 5.29. The highest BCUT2D eigenvalue weighted by atomic mass is 32.1. The van der Waals surface area contributed by atoms with Crippen molar-refractivity contribution in [3.63, 3.8) is 0 Å². The second-order valence-electron chi connectivity index (χ2n) is 9.26. The maximum absolute atomic E-state index is 13.4. The van der Waals surface area contributed by atoms with E-state index < -0.39 is 6.04 Å². The molecule has 4 rings (SSSR count). The molecule has 2 aromatic carbocycles. The third-order valence-corrected chi connectivity index (χ3v) is 7.75. The van der Waals surface area contributed by atoms with Crippen LogP contribution in [0.5, 0.6) is 0 Å². The van der Waals surface area contributed by atoms with Crippen molar-refractivity contribution in [1.82, 2.24) is 20.0 Å². The third kappa shape index (κ3) is 5.46. The summed E-state index contributed by atoms with van der Waals surface area (Å²) in [4.78, 5) is 29.0. The lowest BCUT2D eigenvalue weighted by atomic mass is 10.1. The molecule has 0 saturated carbocycles. The first kappa shape index (κ1) is 25.1. The van der Waals surface area contributed by atoms with Gasteiger partial charge in [0.25, 0.3) is 5.56 Å². The molecule has 1 atom stereocenters. The first-order valence-electron chi connectivity index (χ1n) is 12.4. The topological polar surface area (TPSA) is 67.2 Å². The SMILES string of the molecule is CC[C@@H](C(=O)NCCCN(Cc1ccccc1)C(C)C)n1nc(C)c2sc3ccccc3c2c1=O. The van der Waals surface area contributed by atoms with Crippen LogP contribution in [0.25, 0.3) is 20.2 Å². The quantitative estimate of drug-likeness (QED) is 0.307. The molecule has 0 spiro atoms. The highest BCUT2D eigenvalue weighted by molar-refractivity contribution is 7.26. The number of amides is 1. The Morgan fingerprint density at radius 2 is 1.83 bits per heavy atom. The minimum absolute atomic E-state index is 0.153. The van der Waals surface area contributed by atoms with Crippen LogP contribution in [0.15, 0.2) is 59.4 Å². The molecule has 6 nitrogen and oxygen atoms in total. The maximum atomic E-state index is 13.4. The molecule has 0 fully saturated rings. The fourth-order valence-electron chi connectivity index (χ4n) is 4.51. The molecule has 0 saturated heterocycles. The molecule has 2 aromatic heterocycles. The summed E-state index contributed by atoms with van der Waals surface area (Å²) < 4.78 is 3.35. The van der Waals surface area contributed by atoms with Gasteiger partial charge in [-0.1, -0.05) is 55.5 Å². The number of hydrogen-bond donors (Lipinski definition) is 1. The minimum Gasteiger partial charge on any atom is -0.354 e. The smallest absolute Gasteiger partial charge is 0.276 e. The van der Waals surface area contributed by atoms with Gasteiger partial charge in [0.2, 0.25) is 5.91 Å².